The Morgan fingerprint density at radius 1 is 1.29 bits per heavy atom. The fraction of sp³-hybridized carbons (Fsp3) is 0.350. The van der Waals surface area contributed by atoms with Gasteiger partial charge in [-0.05, 0) is 55.2 Å². The van der Waals surface area contributed by atoms with Crippen molar-refractivity contribution in [1.29, 1.82) is 0 Å². The zero-order chi connectivity index (χ0) is 17.3. The zero-order valence-corrected chi connectivity index (χ0v) is 14.2. The highest BCUT2D eigenvalue weighted by atomic mass is 19.1. The molecule has 3 nitrogen and oxygen atoms in total. The molecule has 0 aliphatic heterocycles. The average molecular weight is 327 g/mol. The fourth-order valence-corrected chi connectivity index (χ4v) is 2.80. The highest BCUT2D eigenvalue weighted by molar-refractivity contribution is 5.91. The van der Waals surface area contributed by atoms with Gasteiger partial charge >= 0.3 is 0 Å². The minimum atomic E-state index is -0.279. The Kier molecular flexibility index (Phi) is 4.56. The summed E-state index contributed by atoms with van der Waals surface area (Å²) in [5.74, 6) is 2.52. The zero-order valence-electron chi connectivity index (χ0n) is 14.2. The molecule has 0 radical (unpaired) electrons. The molecule has 4 heteroatoms. The van der Waals surface area contributed by atoms with E-state index in [2.05, 4.69) is 6.92 Å². The van der Waals surface area contributed by atoms with Crippen LogP contribution >= 0.6 is 0 Å². The number of nitrogens with zero attached hydrogens (tertiary/aromatic N) is 1. The largest absolute Gasteiger partial charge is 0.461 e. The van der Waals surface area contributed by atoms with Gasteiger partial charge in [0, 0.05) is 19.0 Å². The van der Waals surface area contributed by atoms with Gasteiger partial charge in [-0.25, -0.2) is 4.39 Å². The van der Waals surface area contributed by atoms with Gasteiger partial charge in [0.2, 0.25) is 5.91 Å². The minimum absolute atomic E-state index is 0.121. The molecule has 0 N–H and O–H groups in total. The van der Waals surface area contributed by atoms with Crippen molar-refractivity contribution < 1.29 is 13.6 Å². The Morgan fingerprint density at radius 3 is 2.58 bits per heavy atom. The molecule has 2 aromatic rings. The third-order valence-electron chi connectivity index (χ3n) is 4.79. The molecule has 1 aromatic heterocycles. The summed E-state index contributed by atoms with van der Waals surface area (Å²) < 4.78 is 18.8. The van der Waals surface area contributed by atoms with Crippen molar-refractivity contribution in [3.05, 3.63) is 65.4 Å². The van der Waals surface area contributed by atoms with Crippen LogP contribution in [0.1, 0.15) is 49.3 Å². The first kappa shape index (κ1) is 16.5. The lowest BCUT2D eigenvalue weighted by Gasteiger charge is -2.24. The lowest BCUT2D eigenvalue weighted by Crippen LogP contribution is -2.27. The molecule has 126 valence electrons. The van der Waals surface area contributed by atoms with Gasteiger partial charge in [0.05, 0.1) is 6.04 Å². The minimum Gasteiger partial charge on any atom is -0.461 e. The number of rotatable bonds is 5. The molecule has 0 saturated heterocycles. The quantitative estimate of drug-likeness (QED) is 0.741. The van der Waals surface area contributed by atoms with Crippen LogP contribution in [0.2, 0.25) is 0 Å². The molecule has 1 saturated carbocycles. The van der Waals surface area contributed by atoms with Crippen LogP contribution in [0, 0.1) is 11.7 Å². The summed E-state index contributed by atoms with van der Waals surface area (Å²) >= 11 is 0. The van der Waals surface area contributed by atoms with Crippen LogP contribution in [-0.4, -0.2) is 17.9 Å². The van der Waals surface area contributed by atoms with E-state index < -0.39 is 0 Å². The Labute approximate surface area is 141 Å². The molecular weight excluding hydrogens is 305 g/mol. The SMILES string of the molecule is CC1CC1c1ccc(/C=C/C(=O)N(C)C(C)c2ccc(F)cc2)o1. The second kappa shape index (κ2) is 6.63. The second-order valence-corrected chi connectivity index (χ2v) is 6.57. The van der Waals surface area contributed by atoms with Crippen molar-refractivity contribution in [3.8, 4) is 0 Å². The van der Waals surface area contributed by atoms with Crippen LogP contribution in [0.3, 0.4) is 0 Å². The van der Waals surface area contributed by atoms with Crippen molar-refractivity contribution in [2.24, 2.45) is 5.92 Å². The molecule has 1 aliphatic rings. The van der Waals surface area contributed by atoms with Gasteiger partial charge in [-0.2, -0.15) is 0 Å². The maximum Gasteiger partial charge on any atom is 0.246 e. The van der Waals surface area contributed by atoms with E-state index in [9.17, 15) is 9.18 Å². The van der Waals surface area contributed by atoms with E-state index in [1.165, 1.54) is 24.6 Å². The molecule has 24 heavy (non-hydrogen) atoms. The van der Waals surface area contributed by atoms with Crippen molar-refractivity contribution in [3.63, 3.8) is 0 Å². The topological polar surface area (TPSA) is 33.5 Å². The van der Waals surface area contributed by atoms with Gasteiger partial charge in [0.25, 0.3) is 0 Å². The van der Waals surface area contributed by atoms with Crippen LogP contribution < -0.4 is 0 Å². The number of hydrogen-bond donors (Lipinski definition) is 0. The lowest BCUT2D eigenvalue weighted by molar-refractivity contribution is -0.126. The number of likely N-dealkylation sites (N-methyl/N-ethyl adjacent to an activating group) is 1. The Morgan fingerprint density at radius 2 is 1.96 bits per heavy atom. The molecule has 3 rings (SSSR count). The first-order valence-electron chi connectivity index (χ1n) is 8.25. The van der Waals surface area contributed by atoms with E-state index in [-0.39, 0.29) is 17.8 Å². The highest BCUT2D eigenvalue weighted by Gasteiger charge is 2.36. The van der Waals surface area contributed by atoms with Gasteiger partial charge in [0.15, 0.2) is 0 Å². The summed E-state index contributed by atoms with van der Waals surface area (Å²) in [6.45, 7) is 4.12. The van der Waals surface area contributed by atoms with E-state index in [1.807, 2.05) is 19.1 Å². The number of carbonyl (C=O) groups is 1. The Bertz CT molecular complexity index is 747. The molecule has 1 aliphatic carbocycles. The predicted octanol–water partition coefficient (Wildman–Crippen LogP) is 4.77. The maximum absolute atomic E-state index is 13.0. The third kappa shape index (κ3) is 3.58. The Hall–Kier alpha value is -2.36. The summed E-state index contributed by atoms with van der Waals surface area (Å²) in [5, 5.41) is 0. The van der Waals surface area contributed by atoms with Gasteiger partial charge in [-0.1, -0.05) is 19.1 Å². The lowest BCUT2D eigenvalue weighted by atomic mass is 10.1. The van der Waals surface area contributed by atoms with Crippen molar-refractivity contribution in [1.82, 2.24) is 4.90 Å². The molecular formula is C20H22FNO2. The monoisotopic (exact) mass is 327 g/mol. The number of hydrogen-bond acceptors (Lipinski definition) is 2. The number of benzene rings is 1. The summed E-state index contributed by atoms with van der Waals surface area (Å²) in [6.07, 6.45) is 4.39. The molecule has 1 fully saturated rings. The van der Waals surface area contributed by atoms with Crippen LogP contribution in [0.25, 0.3) is 6.08 Å². The third-order valence-corrected chi connectivity index (χ3v) is 4.79. The first-order valence-corrected chi connectivity index (χ1v) is 8.25. The second-order valence-electron chi connectivity index (χ2n) is 6.57. The van der Waals surface area contributed by atoms with Crippen LogP contribution in [-0.2, 0) is 4.79 Å². The molecule has 1 aromatic carbocycles. The van der Waals surface area contributed by atoms with E-state index in [4.69, 9.17) is 4.42 Å². The van der Waals surface area contributed by atoms with Gasteiger partial charge in [-0.3, -0.25) is 4.79 Å². The molecule has 1 heterocycles. The molecule has 0 bridgehead atoms. The number of carbonyl (C=O) groups excluding carboxylic acids is 1. The number of amides is 1. The molecule has 3 unspecified atom stereocenters. The first-order chi connectivity index (χ1) is 11.5. The molecule has 1 amide bonds. The van der Waals surface area contributed by atoms with Gasteiger partial charge in [-0.15, -0.1) is 0 Å². The smallest absolute Gasteiger partial charge is 0.246 e. The van der Waals surface area contributed by atoms with Gasteiger partial charge in [0.1, 0.15) is 17.3 Å². The number of furan rings is 1. The van der Waals surface area contributed by atoms with E-state index in [0.29, 0.717) is 17.6 Å². The van der Waals surface area contributed by atoms with E-state index >= 15 is 0 Å². The summed E-state index contributed by atoms with van der Waals surface area (Å²) in [4.78, 5) is 13.9. The summed E-state index contributed by atoms with van der Waals surface area (Å²) in [5.41, 5.74) is 0.892. The predicted molar refractivity (Wildman–Crippen MR) is 91.8 cm³/mol. The van der Waals surface area contributed by atoms with Gasteiger partial charge < -0.3 is 9.32 Å². The molecule has 3 atom stereocenters. The fourth-order valence-electron chi connectivity index (χ4n) is 2.80. The van der Waals surface area contributed by atoms with E-state index in [1.54, 1.807) is 30.2 Å². The Balaban J connectivity index is 1.62. The van der Waals surface area contributed by atoms with Crippen LogP contribution in [0.5, 0.6) is 0 Å². The van der Waals surface area contributed by atoms with Crippen molar-refractivity contribution in [2.45, 2.75) is 32.2 Å². The standard InChI is InChI=1S/C20H22FNO2/c1-13-12-18(13)19-10-8-17(24-19)9-11-20(23)22(3)14(2)15-4-6-16(21)7-5-15/h4-11,13-14,18H,12H2,1-3H3/b11-9+. The normalized spacial score (nSPS) is 21.0. The highest BCUT2D eigenvalue weighted by Crippen LogP contribution is 2.47. The molecule has 0 spiro atoms. The summed E-state index contributed by atoms with van der Waals surface area (Å²) in [7, 11) is 1.74. The van der Waals surface area contributed by atoms with Crippen LogP contribution in [0.4, 0.5) is 4.39 Å². The van der Waals surface area contributed by atoms with E-state index in [0.717, 1.165) is 11.3 Å². The van der Waals surface area contributed by atoms with Crippen LogP contribution in [0.15, 0.2) is 46.9 Å². The van der Waals surface area contributed by atoms with Crippen molar-refractivity contribution in [2.75, 3.05) is 7.05 Å². The van der Waals surface area contributed by atoms with Crippen molar-refractivity contribution >= 4 is 12.0 Å². The maximum atomic E-state index is 13.0. The summed E-state index contributed by atoms with van der Waals surface area (Å²) in [6, 6.07) is 9.96. The number of halogens is 1. The average Bonchev–Trinajstić information content (AvgIpc) is 3.12.